The summed E-state index contributed by atoms with van der Waals surface area (Å²) in [6, 6.07) is 3.85. The monoisotopic (exact) mass is 241 g/mol. The maximum Gasteiger partial charge on any atom is 0.190 e. The maximum atomic E-state index is 7.08. The summed E-state index contributed by atoms with van der Waals surface area (Å²) in [6.07, 6.45) is 4.19. The molecule has 1 aliphatic rings. The van der Waals surface area contributed by atoms with Gasteiger partial charge in [0, 0.05) is 13.1 Å². The van der Waals surface area contributed by atoms with Gasteiger partial charge in [-0.2, -0.15) is 0 Å². The van der Waals surface area contributed by atoms with Crippen LogP contribution in [0, 0.1) is 5.41 Å². The Morgan fingerprint density at radius 3 is 2.56 bits per heavy atom. The van der Waals surface area contributed by atoms with E-state index in [0.717, 1.165) is 24.6 Å². The Bertz CT molecular complexity index is 345. The summed E-state index contributed by atoms with van der Waals surface area (Å²) in [5.41, 5.74) is 5.97. The zero-order valence-corrected chi connectivity index (χ0v) is 9.76. The smallest absolute Gasteiger partial charge is 0.190 e. The van der Waals surface area contributed by atoms with Crippen LogP contribution >= 0.6 is 12.4 Å². The molecule has 0 spiro atoms. The van der Waals surface area contributed by atoms with Crippen LogP contribution < -0.4 is 16.0 Å². The molecule has 0 radical (unpaired) electrons. The van der Waals surface area contributed by atoms with Gasteiger partial charge in [0.15, 0.2) is 5.96 Å². The predicted molar refractivity (Wildman–Crippen MR) is 68.5 cm³/mol. The molecule has 6 heteroatoms. The molecule has 0 aromatic carbocycles. The van der Waals surface area contributed by atoms with Crippen molar-refractivity contribution >= 4 is 29.9 Å². The van der Waals surface area contributed by atoms with Gasteiger partial charge in [0.2, 0.25) is 0 Å². The minimum Gasteiger partial charge on any atom is -0.370 e. The molecule has 1 aromatic rings. The number of rotatable bonds is 2. The first-order valence-corrected chi connectivity index (χ1v) is 5.08. The van der Waals surface area contributed by atoms with Gasteiger partial charge >= 0.3 is 0 Å². The van der Waals surface area contributed by atoms with Crippen LogP contribution in [0.4, 0.5) is 11.5 Å². The first-order valence-electron chi connectivity index (χ1n) is 5.08. The van der Waals surface area contributed by atoms with E-state index in [1.807, 2.05) is 12.1 Å². The van der Waals surface area contributed by atoms with Crippen molar-refractivity contribution in [2.24, 2.45) is 5.73 Å². The van der Waals surface area contributed by atoms with Gasteiger partial charge < -0.3 is 16.0 Å². The van der Waals surface area contributed by atoms with Crippen molar-refractivity contribution in [1.82, 2.24) is 4.98 Å². The second kappa shape index (κ2) is 5.55. The number of pyridine rings is 1. The van der Waals surface area contributed by atoms with Crippen molar-refractivity contribution in [3.63, 3.8) is 0 Å². The van der Waals surface area contributed by atoms with Gasteiger partial charge in [0.05, 0.1) is 11.9 Å². The molecule has 0 saturated carbocycles. The molecule has 4 N–H and O–H groups in total. The number of hydrogen-bond acceptors (Lipinski definition) is 3. The number of halogens is 1. The normalized spacial score (nSPS) is 14.4. The lowest BCUT2D eigenvalue weighted by Gasteiger charge is -2.16. The lowest BCUT2D eigenvalue weighted by molar-refractivity contribution is 0.938. The van der Waals surface area contributed by atoms with Crippen molar-refractivity contribution in [1.29, 1.82) is 5.41 Å². The molecule has 0 bridgehead atoms. The Morgan fingerprint density at radius 2 is 2.06 bits per heavy atom. The summed E-state index contributed by atoms with van der Waals surface area (Å²) in [7, 11) is 0. The molecule has 16 heavy (non-hydrogen) atoms. The largest absolute Gasteiger partial charge is 0.370 e. The molecule has 1 aliphatic heterocycles. The molecule has 2 heterocycles. The molecular formula is C10H16ClN5. The Balaban J connectivity index is 0.00000128. The molecule has 0 aliphatic carbocycles. The molecule has 0 amide bonds. The van der Waals surface area contributed by atoms with Crippen molar-refractivity contribution in [2.75, 3.05) is 23.3 Å². The summed E-state index contributed by atoms with van der Waals surface area (Å²) in [5.74, 6) is 0.937. The van der Waals surface area contributed by atoms with Crippen LogP contribution in [0.1, 0.15) is 12.8 Å². The topological polar surface area (TPSA) is 78.0 Å². The van der Waals surface area contributed by atoms with E-state index >= 15 is 0 Å². The Hall–Kier alpha value is -1.49. The number of hydrogen-bond donors (Lipinski definition) is 3. The van der Waals surface area contributed by atoms with Crippen molar-refractivity contribution < 1.29 is 0 Å². The minimum absolute atomic E-state index is 0. The van der Waals surface area contributed by atoms with Gasteiger partial charge in [0.1, 0.15) is 5.82 Å². The van der Waals surface area contributed by atoms with Crippen LogP contribution in [-0.2, 0) is 0 Å². The van der Waals surface area contributed by atoms with Gasteiger partial charge in [-0.25, -0.2) is 4.98 Å². The van der Waals surface area contributed by atoms with Crippen LogP contribution in [0.25, 0.3) is 0 Å². The third-order valence-electron chi connectivity index (χ3n) is 2.46. The van der Waals surface area contributed by atoms with E-state index in [9.17, 15) is 0 Å². The number of nitrogens with zero attached hydrogens (tertiary/aromatic N) is 2. The van der Waals surface area contributed by atoms with Crippen LogP contribution in [-0.4, -0.2) is 24.0 Å². The van der Waals surface area contributed by atoms with E-state index < -0.39 is 0 Å². The van der Waals surface area contributed by atoms with E-state index in [4.69, 9.17) is 11.1 Å². The average molecular weight is 242 g/mol. The van der Waals surface area contributed by atoms with Gasteiger partial charge in [-0.05, 0) is 25.0 Å². The van der Waals surface area contributed by atoms with Crippen LogP contribution in [0.3, 0.4) is 0 Å². The fourth-order valence-corrected chi connectivity index (χ4v) is 1.75. The summed E-state index contributed by atoms with van der Waals surface area (Å²) < 4.78 is 0. The molecule has 2 rings (SSSR count). The maximum absolute atomic E-state index is 7.08. The molecule has 1 saturated heterocycles. The lowest BCUT2D eigenvalue weighted by atomic mass is 10.4. The number of anilines is 2. The molecule has 1 aromatic heterocycles. The summed E-state index contributed by atoms with van der Waals surface area (Å²) >= 11 is 0. The Kier molecular flexibility index (Phi) is 4.37. The zero-order chi connectivity index (χ0) is 10.7. The highest BCUT2D eigenvalue weighted by molar-refractivity contribution is 5.89. The first kappa shape index (κ1) is 12.6. The third kappa shape index (κ3) is 3.00. The third-order valence-corrected chi connectivity index (χ3v) is 2.46. The first-order chi connectivity index (χ1) is 7.25. The van der Waals surface area contributed by atoms with E-state index in [0.29, 0.717) is 0 Å². The molecule has 1 fully saturated rings. The highest BCUT2D eigenvalue weighted by Gasteiger charge is 2.12. The number of aromatic nitrogens is 1. The molecule has 0 atom stereocenters. The molecular weight excluding hydrogens is 226 g/mol. The average Bonchev–Trinajstić information content (AvgIpc) is 2.71. The SMILES string of the molecule is Cl.N=C(N)Nc1ccc(N2CCCC2)nc1. The van der Waals surface area contributed by atoms with E-state index in [1.54, 1.807) is 6.20 Å². The van der Waals surface area contributed by atoms with Gasteiger partial charge in [-0.3, -0.25) is 5.41 Å². The zero-order valence-electron chi connectivity index (χ0n) is 8.94. The quantitative estimate of drug-likeness (QED) is 0.540. The number of nitrogens with one attached hydrogen (secondary N) is 2. The highest BCUT2D eigenvalue weighted by Crippen LogP contribution is 2.18. The van der Waals surface area contributed by atoms with Crippen molar-refractivity contribution in [3.8, 4) is 0 Å². The van der Waals surface area contributed by atoms with E-state index in [1.165, 1.54) is 12.8 Å². The molecule has 5 nitrogen and oxygen atoms in total. The summed E-state index contributed by atoms with van der Waals surface area (Å²) in [6.45, 7) is 2.18. The lowest BCUT2D eigenvalue weighted by Crippen LogP contribution is -2.21. The predicted octanol–water partition coefficient (Wildman–Crippen LogP) is 1.41. The van der Waals surface area contributed by atoms with Crippen LogP contribution in [0.5, 0.6) is 0 Å². The molecule has 0 unspecified atom stereocenters. The second-order valence-corrected chi connectivity index (χ2v) is 3.64. The van der Waals surface area contributed by atoms with Crippen molar-refractivity contribution in [2.45, 2.75) is 12.8 Å². The number of guanidine groups is 1. The Labute approximate surface area is 101 Å². The number of nitrogens with two attached hydrogens (primary N) is 1. The standard InChI is InChI=1S/C10H15N5.ClH/c11-10(12)14-8-3-4-9(13-7-8)15-5-1-2-6-15;/h3-4,7H,1-2,5-6H2,(H4,11,12,14);1H. The van der Waals surface area contributed by atoms with Crippen LogP contribution in [0.15, 0.2) is 18.3 Å². The van der Waals surface area contributed by atoms with E-state index in [2.05, 4.69) is 15.2 Å². The molecule has 88 valence electrons. The van der Waals surface area contributed by atoms with E-state index in [-0.39, 0.29) is 18.4 Å². The highest BCUT2D eigenvalue weighted by atomic mass is 35.5. The minimum atomic E-state index is -0.0641. The van der Waals surface area contributed by atoms with Gasteiger partial charge in [-0.15, -0.1) is 12.4 Å². The summed E-state index contributed by atoms with van der Waals surface area (Å²) in [4.78, 5) is 6.59. The fourth-order valence-electron chi connectivity index (χ4n) is 1.75. The second-order valence-electron chi connectivity index (χ2n) is 3.64. The summed E-state index contributed by atoms with van der Waals surface area (Å²) in [5, 5.41) is 9.78. The van der Waals surface area contributed by atoms with Gasteiger partial charge in [0.25, 0.3) is 0 Å². The van der Waals surface area contributed by atoms with Crippen LogP contribution in [0.2, 0.25) is 0 Å². The fraction of sp³-hybridized carbons (Fsp3) is 0.400. The van der Waals surface area contributed by atoms with Gasteiger partial charge in [-0.1, -0.05) is 0 Å². The Morgan fingerprint density at radius 1 is 1.38 bits per heavy atom. The van der Waals surface area contributed by atoms with Crippen molar-refractivity contribution in [3.05, 3.63) is 18.3 Å².